The Hall–Kier alpha value is -3.21. The molecule has 2 N–H and O–H groups in total. The Morgan fingerprint density at radius 1 is 1.27 bits per heavy atom. The van der Waals surface area contributed by atoms with Crippen LogP contribution in [0.4, 0.5) is 14.5 Å². The van der Waals surface area contributed by atoms with Gasteiger partial charge in [-0.15, -0.1) is 10.2 Å². The number of nitrogens with one attached hydrogen (secondary N) is 2. The predicted molar refractivity (Wildman–Crippen MR) is 106 cm³/mol. The summed E-state index contributed by atoms with van der Waals surface area (Å²) in [6.07, 6.45) is 1.41. The summed E-state index contributed by atoms with van der Waals surface area (Å²) in [5.74, 6) is -1.79. The second-order valence-corrected chi connectivity index (χ2v) is 7.16. The minimum absolute atomic E-state index is 0.0535. The average molecular weight is 435 g/mol. The molecule has 0 aliphatic rings. The summed E-state index contributed by atoms with van der Waals surface area (Å²) >= 11 is 1.11. The van der Waals surface area contributed by atoms with Crippen molar-refractivity contribution in [3.8, 4) is 0 Å². The molecule has 2 amide bonds. The number of hydrogen-bond acceptors (Lipinski definition) is 6. The minimum atomic E-state index is -0.853. The lowest BCUT2D eigenvalue weighted by molar-refractivity contribution is -0.113. The number of halogens is 2. The molecule has 2 aromatic heterocycles. The number of carbonyl (C=O) groups is 2. The molecular formula is C19H19F2N5O3S. The van der Waals surface area contributed by atoms with Gasteiger partial charge in [0.2, 0.25) is 5.91 Å². The Morgan fingerprint density at radius 2 is 2.07 bits per heavy atom. The van der Waals surface area contributed by atoms with Gasteiger partial charge in [-0.1, -0.05) is 11.8 Å². The van der Waals surface area contributed by atoms with Crippen molar-refractivity contribution in [2.75, 3.05) is 11.1 Å². The Bertz CT molecular complexity index is 1040. The van der Waals surface area contributed by atoms with Gasteiger partial charge >= 0.3 is 0 Å². The quantitative estimate of drug-likeness (QED) is 0.526. The molecule has 158 valence electrons. The first kappa shape index (κ1) is 21.5. The zero-order valence-corrected chi connectivity index (χ0v) is 17.0. The number of furan rings is 1. The highest BCUT2D eigenvalue weighted by Crippen LogP contribution is 2.22. The lowest BCUT2D eigenvalue weighted by Crippen LogP contribution is -2.28. The van der Waals surface area contributed by atoms with E-state index < -0.39 is 23.6 Å². The molecule has 1 unspecified atom stereocenters. The summed E-state index contributed by atoms with van der Waals surface area (Å²) in [5, 5.41) is 13.8. The van der Waals surface area contributed by atoms with Crippen LogP contribution in [0.2, 0.25) is 0 Å². The summed E-state index contributed by atoms with van der Waals surface area (Å²) < 4.78 is 33.5. The number of rotatable bonds is 8. The molecule has 1 aromatic carbocycles. The zero-order valence-electron chi connectivity index (χ0n) is 16.2. The van der Waals surface area contributed by atoms with Gasteiger partial charge in [0.1, 0.15) is 11.6 Å². The van der Waals surface area contributed by atoms with Crippen molar-refractivity contribution < 1.29 is 22.8 Å². The van der Waals surface area contributed by atoms with E-state index in [9.17, 15) is 18.4 Å². The van der Waals surface area contributed by atoms with Gasteiger partial charge in [0.15, 0.2) is 16.7 Å². The molecule has 0 aliphatic carbocycles. The minimum Gasteiger partial charge on any atom is -0.459 e. The molecular weight excluding hydrogens is 416 g/mol. The van der Waals surface area contributed by atoms with Gasteiger partial charge in [0, 0.05) is 12.6 Å². The summed E-state index contributed by atoms with van der Waals surface area (Å²) in [6.45, 7) is 4.15. The SMILES string of the molecule is CCn1c(SCC(=O)Nc2ccc(F)cc2F)nnc1C(C)NC(=O)c1ccco1. The van der Waals surface area contributed by atoms with E-state index in [1.165, 1.54) is 6.26 Å². The van der Waals surface area contributed by atoms with Crippen LogP contribution in [0.1, 0.15) is 36.3 Å². The molecule has 0 radical (unpaired) electrons. The van der Waals surface area contributed by atoms with Gasteiger partial charge in [-0.3, -0.25) is 9.59 Å². The fourth-order valence-corrected chi connectivity index (χ4v) is 3.48. The van der Waals surface area contributed by atoms with E-state index >= 15 is 0 Å². The van der Waals surface area contributed by atoms with Crippen LogP contribution >= 0.6 is 11.8 Å². The number of benzene rings is 1. The lowest BCUT2D eigenvalue weighted by atomic mass is 10.3. The van der Waals surface area contributed by atoms with E-state index in [1.807, 2.05) is 6.92 Å². The van der Waals surface area contributed by atoms with Crippen LogP contribution in [-0.4, -0.2) is 32.3 Å². The fraction of sp³-hybridized carbons (Fsp3) is 0.263. The number of aromatic nitrogens is 3. The first-order valence-electron chi connectivity index (χ1n) is 9.04. The first-order chi connectivity index (χ1) is 14.4. The van der Waals surface area contributed by atoms with Crippen molar-refractivity contribution in [2.45, 2.75) is 31.6 Å². The maximum Gasteiger partial charge on any atom is 0.287 e. The van der Waals surface area contributed by atoms with Crippen molar-refractivity contribution in [3.05, 3.63) is 59.8 Å². The Balaban J connectivity index is 1.62. The van der Waals surface area contributed by atoms with Crippen LogP contribution in [0.5, 0.6) is 0 Å². The van der Waals surface area contributed by atoms with Crippen molar-refractivity contribution in [1.82, 2.24) is 20.1 Å². The molecule has 1 atom stereocenters. The van der Waals surface area contributed by atoms with Crippen molar-refractivity contribution in [3.63, 3.8) is 0 Å². The third kappa shape index (κ3) is 5.03. The van der Waals surface area contributed by atoms with Crippen molar-refractivity contribution >= 4 is 29.3 Å². The number of carbonyl (C=O) groups excluding carboxylic acids is 2. The predicted octanol–water partition coefficient (Wildman–Crippen LogP) is 3.39. The Morgan fingerprint density at radius 3 is 2.73 bits per heavy atom. The molecule has 2 heterocycles. The second-order valence-electron chi connectivity index (χ2n) is 6.22. The van der Waals surface area contributed by atoms with Crippen molar-refractivity contribution in [2.24, 2.45) is 0 Å². The Kier molecular flexibility index (Phi) is 6.83. The van der Waals surface area contributed by atoms with Gasteiger partial charge in [-0.25, -0.2) is 8.78 Å². The highest BCUT2D eigenvalue weighted by molar-refractivity contribution is 7.99. The third-order valence-electron chi connectivity index (χ3n) is 4.08. The molecule has 8 nitrogen and oxygen atoms in total. The second kappa shape index (κ2) is 9.53. The van der Waals surface area contributed by atoms with Crippen LogP contribution in [0.25, 0.3) is 0 Å². The Labute approximate surface area is 175 Å². The molecule has 30 heavy (non-hydrogen) atoms. The molecule has 11 heteroatoms. The van der Waals surface area contributed by atoms with Crippen LogP contribution in [0, 0.1) is 11.6 Å². The summed E-state index contributed by atoms with van der Waals surface area (Å²) in [7, 11) is 0. The summed E-state index contributed by atoms with van der Waals surface area (Å²) in [6, 6.07) is 5.63. The largest absolute Gasteiger partial charge is 0.459 e. The van der Waals surface area contributed by atoms with Crippen LogP contribution in [0.3, 0.4) is 0 Å². The summed E-state index contributed by atoms with van der Waals surface area (Å²) in [5.41, 5.74) is -0.103. The maximum atomic E-state index is 13.7. The average Bonchev–Trinajstić information content (AvgIpc) is 3.38. The van der Waals surface area contributed by atoms with E-state index in [4.69, 9.17) is 4.42 Å². The highest BCUT2D eigenvalue weighted by Gasteiger charge is 2.21. The van der Waals surface area contributed by atoms with E-state index in [-0.39, 0.29) is 23.1 Å². The van der Waals surface area contributed by atoms with Gasteiger partial charge < -0.3 is 19.6 Å². The number of hydrogen-bond donors (Lipinski definition) is 2. The topological polar surface area (TPSA) is 102 Å². The molecule has 3 rings (SSSR count). The first-order valence-corrected chi connectivity index (χ1v) is 10.0. The number of amides is 2. The van der Waals surface area contributed by atoms with E-state index in [0.717, 1.165) is 23.9 Å². The maximum absolute atomic E-state index is 13.7. The normalized spacial score (nSPS) is 11.9. The van der Waals surface area contributed by atoms with E-state index in [1.54, 1.807) is 23.6 Å². The molecule has 0 fully saturated rings. The third-order valence-corrected chi connectivity index (χ3v) is 5.05. The van der Waals surface area contributed by atoms with Crippen LogP contribution < -0.4 is 10.6 Å². The molecule has 0 spiro atoms. The monoisotopic (exact) mass is 435 g/mol. The van der Waals surface area contributed by atoms with Crippen molar-refractivity contribution in [1.29, 1.82) is 0 Å². The number of thioether (sulfide) groups is 1. The number of anilines is 1. The zero-order chi connectivity index (χ0) is 21.7. The smallest absolute Gasteiger partial charge is 0.287 e. The van der Waals surface area contributed by atoms with Crippen LogP contribution in [-0.2, 0) is 11.3 Å². The van der Waals surface area contributed by atoms with Gasteiger partial charge in [-0.05, 0) is 38.1 Å². The standard InChI is InChI=1S/C19H19F2N5O3S/c1-3-26-17(11(2)22-18(28)15-5-4-8-29-15)24-25-19(26)30-10-16(27)23-14-7-6-12(20)9-13(14)21/h4-9,11H,3,10H2,1-2H3,(H,22,28)(H,23,27). The van der Waals surface area contributed by atoms with Crippen LogP contribution in [0.15, 0.2) is 46.2 Å². The van der Waals surface area contributed by atoms with Gasteiger partial charge in [-0.2, -0.15) is 0 Å². The lowest BCUT2D eigenvalue weighted by Gasteiger charge is -2.14. The van der Waals surface area contributed by atoms with Gasteiger partial charge in [0.05, 0.1) is 23.7 Å². The van der Waals surface area contributed by atoms with E-state index in [0.29, 0.717) is 23.6 Å². The van der Waals surface area contributed by atoms with Gasteiger partial charge in [0.25, 0.3) is 5.91 Å². The molecule has 0 saturated carbocycles. The summed E-state index contributed by atoms with van der Waals surface area (Å²) in [4.78, 5) is 24.3. The number of nitrogens with zero attached hydrogens (tertiary/aromatic N) is 3. The van der Waals surface area contributed by atoms with E-state index in [2.05, 4.69) is 20.8 Å². The fourth-order valence-electron chi connectivity index (χ4n) is 2.67. The molecule has 0 bridgehead atoms. The molecule has 3 aromatic rings. The highest BCUT2D eigenvalue weighted by atomic mass is 32.2. The molecule has 0 saturated heterocycles. The molecule has 0 aliphatic heterocycles.